The van der Waals surface area contributed by atoms with Crippen molar-refractivity contribution in [2.45, 2.75) is 45.1 Å². The van der Waals surface area contributed by atoms with Crippen LogP contribution in [0.4, 0.5) is 4.39 Å². The summed E-state index contributed by atoms with van der Waals surface area (Å²) in [7, 11) is 0. The number of hydrogen-bond acceptors (Lipinski definition) is 3. The van der Waals surface area contributed by atoms with Crippen LogP contribution >= 0.6 is 11.6 Å². The molecular formula is C22H33ClFN5O. The lowest BCUT2D eigenvalue weighted by Crippen LogP contribution is -2.40. The summed E-state index contributed by atoms with van der Waals surface area (Å²) in [4.78, 5) is 20.7. The Kier molecular flexibility index (Phi) is 8.75. The topological polar surface area (TPSA) is 60.0 Å². The molecule has 6 nitrogen and oxygen atoms in total. The van der Waals surface area contributed by atoms with Crippen LogP contribution in [0.5, 0.6) is 0 Å². The second-order valence-corrected chi connectivity index (χ2v) is 8.29. The van der Waals surface area contributed by atoms with E-state index < -0.39 is 0 Å². The number of nitrogens with one attached hydrogen (secondary N) is 2. The van der Waals surface area contributed by atoms with E-state index in [9.17, 15) is 9.18 Å². The summed E-state index contributed by atoms with van der Waals surface area (Å²) < 4.78 is 14.6. The molecule has 2 fully saturated rings. The molecule has 2 saturated heterocycles. The van der Waals surface area contributed by atoms with Crippen molar-refractivity contribution in [3.8, 4) is 0 Å². The minimum absolute atomic E-state index is 0.182. The lowest BCUT2D eigenvalue weighted by molar-refractivity contribution is -0.127. The van der Waals surface area contributed by atoms with Gasteiger partial charge in [-0.25, -0.2) is 4.39 Å². The van der Waals surface area contributed by atoms with Crippen molar-refractivity contribution >= 4 is 23.5 Å². The first kappa shape index (κ1) is 22.8. The smallest absolute Gasteiger partial charge is 0.222 e. The van der Waals surface area contributed by atoms with Crippen molar-refractivity contribution < 1.29 is 9.18 Å². The Labute approximate surface area is 183 Å². The zero-order valence-corrected chi connectivity index (χ0v) is 18.6. The molecule has 2 N–H and O–H groups in total. The van der Waals surface area contributed by atoms with Gasteiger partial charge in [0.05, 0.1) is 12.6 Å². The highest BCUT2D eigenvalue weighted by atomic mass is 35.5. The number of halogens is 2. The summed E-state index contributed by atoms with van der Waals surface area (Å²) >= 11 is 6.38. The first-order valence-electron chi connectivity index (χ1n) is 11.1. The second-order valence-electron chi connectivity index (χ2n) is 7.88. The molecule has 1 aromatic rings. The van der Waals surface area contributed by atoms with Crippen LogP contribution in [0.2, 0.25) is 5.02 Å². The minimum atomic E-state index is -0.275. The van der Waals surface area contributed by atoms with Gasteiger partial charge in [0.2, 0.25) is 5.91 Å². The predicted molar refractivity (Wildman–Crippen MR) is 119 cm³/mol. The standard InChI is InChI=1S/C22H33ClFN5O/c1-2-25-22(26-11-7-15-29-14-6-10-20(29)30)27-16-19(28-12-3-4-13-28)21-17(23)8-5-9-18(21)24/h5,8-9,19H,2-4,6-7,10-16H2,1H3,(H2,25,26,27). The molecule has 0 aromatic heterocycles. The van der Waals surface area contributed by atoms with Crippen LogP contribution < -0.4 is 10.6 Å². The van der Waals surface area contributed by atoms with E-state index in [0.29, 0.717) is 29.5 Å². The van der Waals surface area contributed by atoms with Crippen LogP contribution in [-0.4, -0.2) is 67.5 Å². The van der Waals surface area contributed by atoms with Crippen molar-refractivity contribution in [2.75, 3.05) is 45.8 Å². The largest absolute Gasteiger partial charge is 0.357 e. The van der Waals surface area contributed by atoms with Gasteiger partial charge in [-0.05, 0) is 57.8 Å². The van der Waals surface area contributed by atoms with Crippen LogP contribution in [0.25, 0.3) is 0 Å². The maximum Gasteiger partial charge on any atom is 0.222 e. The molecule has 3 rings (SSSR count). The van der Waals surface area contributed by atoms with E-state index in [0.717, 1.165) is 65.0 Å². The number of rotatable bonds is 9. The molecule has 0 spiro atoms. The summed E-state index contributed by atoms with van der Waals surface area (Å²) in [5, 5.41) is 7.06. The Bertz CT molecular complexity index is 718. The van der Waals surface area contributed by atoms with Gasteiger partial charge in [0.1, 0.15) is 5.82 Å². The first-order valence-corrected chi connectivity index (χ1v) is 11.5. The third kappa shape index (κ3) is 6.08. The van der Waals surface area contributed by atoms with Crippen molar-refractivity contribution in [1.29, 1.82) is 0 Å². The number of carbonyl (C=O) groups excluding carboxylic acids is 1. The average molecular weight is 438 g/mol. The minimum Gasteiger partial charge on any atom is -0.357 e. The van der Waals surface area contributed by atoms with E-state index in [-0.39, 0.29) is 17.8 Å². The third-order valence-corrected chi connectivity index (χ3v) is 6.08. The van der Waals surface area contributed by atoms with E-state index in [1.54, 1.807) is 12.1 Å². The summed E-state index contributed by atoms with van der Waals surface area (Å²) in [6.45, 7) is 7.42. The normalized spacial score (nSPS) is 18.8. The molecule has 0 bridgehead atoms. The zero-order chi connectivity index (χ0) is 21.3. The van der Waals surface area contributed by atoms with Crippen molar-refractivity contribution in [2.24, 2.45) is 4.99 Å². The van der Waals surface area contributed by atoms with Crippen LogP contribution in [0.1, 0.15) is 50.6 Å². The predicted octanol–water partition coefficient (Wildman–Crippen LogP) is 3.18. The van der Waals surface area contributed by atoms with Crippen LogP contribution in [0.15, 0.2) is 23.2 Å². The van der Waals surface area contributed by atoms with E-state index in [1.165, 1.54) is 6.07 Å². The number of hydrogen-bond donors (Lipinski definition) is 2. The van der Waals surface area contributed by atoms with Gasteiger partial charge < -0.3 is 15.5 Å². The summed E-state index contributed by atoms with van der Waals surface area (Å²) in [5.74, 6) is 0.690. The number of guanidine groups is 1. The van der Waals surface area contributed by atoms with Crippen molar-refractivity contribution in [1.82, 2.24) is 20.4 Å². The molecule has 2 heterocycles. The molecule has 0 saturated carbocycles. The number of carbonyl (C=O) groups is 1. The van der Waals surface area contributed by atoms with Gasteiger partial charge in [-0.15, -0.1) is 0 Å². The second kappa shape index (κ2) is 11.5. The third-order valence-electron chi connectivity index (χ3n) is 5.75. The van der Waals surface area contributed by atoms with E-state index in [4.69, 9.17) is 16.6 Å². The Morgan fingerprint density at radius 2 is 2.03 bits per heavy atom. The summed E-state index contributed by atoms with van der Waals surface area (Å²) in [5.41, 5.74) is 0.535. The molecule has 1 amide bonds. The SMILES string of the molecule is CCNC(=NCC(c1c(F)cccc1Cl)N1CCCC1)NCCCN1CCCC1=O. The summed E-state index contributed by atoms with van der Waals surface area (Å²) in [6.07, 6.45) is 4.73. The monoisotopic (exact) mass is 437 g/mol. The van der Waals surface area contributed by atoms with Crippen LogP contribution in [0, 0.1) is 5.82 Å². The van der Waals surface area contributed by atoms with Gasteiger partial charge in [0, 0.05) is 43.2 Å². The Morgan fingerprint density at radius 1 is 1.23 bits per heavy atom. The van der Waals surface area contributed by atoms with Crippen molar-refractivity contribution in [3.05, 3.63) is 34.6 Å². The van der Waals surface area contributed by atoms with E-state index >= 15 is 0 Å². The number of nitrogens with zero attached hydrogens (tertiary/aromatic N) is 3. The Morgan fingerprint density at radius 3 is 2.70 bits per heavy atom. The number of likely N-dealkylation sites (tertiary alicyclic amines) is 2. The molecule has 1 unspecified atom stereocenters. The molecular weight excluding hydrogens is 405 g/mol. The molecule has 30 heavy (non-hydrogen) atoms. The molecule has 8 heteroatoms. The average Bonchev–Trinajstić information content (AvgIpc) is 3.39. The van der Waals surface area contributed by atoms with Gasteiger partial charge >= 0.3 is 0 Å². The lowest BCUT2D eigenvalue weighted by Gasteiger charge is -2.28. The fourth-order valence-corrected chi connectivity index (χ4v) is 4.50. The van der Waals surface area contributed by atoms with E-state index in [2.05, 4.69) is 15.5 Å². The fraction of sp³-hybridized carbons (Fsp3) is 0.636. The maximum atomic E-state index is 14.6. The van der Waals surface area contributed by atoms with Gasteiger partial charge in [-0.2, -0.15) is 0 Å². The Hall–Kier alpha value is -1.86. The highest BCUT2D eigenvalue weighted by Crippen LogP contribution is 2.32. The molecule has 2 aliphatic heterocycles. The number of amides is 1. The highest BCUT2D eigenvalue weighted by molar-refractivity contribution is 6.31. The molecule has 0 aliphatic carbocycles. The molecule has 2 aliphatic rings. The van der Waals surface area contributed by atoms with Crippen LogP contribution in [-0.2, 0) is 4.79 Å². The molecule has 1 atom stereocenters. The molecule has 1 aromatic carbocycles. The van der Waals surface area contributed by atoms with Gasteiger partial charge in [0.15, 0.2) is 5.96 Å². The van der Waals surface area contributed by atoms with Crippen molar-refractivity contribution in [3.63, 3.8) is 0 Å². The highest BCUT2D eigenvalue weighted by Gasteiger charge is 2.27. The zero-order valence-electron chi connectivity index (χ0n) is 17.8. The lowest BCUT2D eigenvalue weighted by atomic mass is 10.0. The Balaban J connectivity index is 1.62. The molecule has 0 radical (unpaired) electrons. The number of aliphatic imine (C=N–C) groups is 1. The van der Waals surface area contributed by atoms with Gasteiger partial charge in [-0.1, -0.05) is 17.7 Å². The fourth-order valence-electron chi connectivity index (χ4n) is 4.21. The summed E-state index contributed by atoms with van der Waals surface area (Å²) in [6, 6.07) is 4.67. The van der Waals surface area contributed by atoms with E-state index in [1.807, 2.05) is 11.8 Å². The number of benzene rings is 1. The molecule has 166 valence electrons. The van der Waals surface area contributed by atoms with Crippen LogP contribution in [0.3, 0.4) is 0 Å². The first-order chi connectivity index (χ1) is 14.6. The van der Waals surface area contributed by atoms with Gasteiger partial charge in [-0.3, -0.25) is 14.7 Å². The quantitative estimate of drug-likeness (QED) is 0.354. The maximum absolute atomic E-state index is 14.6. The van der Waals surface area contributed by atoms with Gasteiger partial charge in [0.25, 0.3) is 0 Å².